The highest BCUT2D eigenvalue weighted by Crippen LogP contribution is 2.22. The summed E-state index contributed by atoms with van der Waals surface area (Å²) in [6.07, 6.45) is 6.92. The Morgan fingerprint density at radius 3 is 2.94 bits per heavy atom. The van der Waals surface area contributed by atoms with Gasteiger partial charge >= 0.3 is 0 Å². The second-order valence-corrected chi connectivity index (χ2v) is 4.78. The summed E-state index contributed by atoms with van der Waals surface area (Å²) in [5.74, 6) is 0.157. The Morgan fingerprint density at radius 1 is 1.44 bits per heavy atom. The molecule has 0 aliphatic heterocycles. The van der Waals surface area contributed by atoms with Gasteiger partial charge in [-0.2, -0.15) is 0 Å². The zero-order valence-corrected chi connectivity index (χ0v) is 10.6. The summed E-state index contributed by atoms with van der Waals surface area (Å²) in [5.41, 5.74) is 2.65. The van der Waals surface area contributed by atoms with Crippen LogP contribution in [0.15, 0.2) is 30.4 Å². The number of aryl methyl sites for hydroxylation is 1. The summed E-state index contributed by atoms with van der Waals surface area (Å²) in [6, 6.07) is 5.63. The Labute approximate surface area is 108 Å². The van der Waals surface area contributed by atoms with Crippen LogP contribution in [-0.2, 0) is 11.4 Å². The lowest BCUT2D eigenvalue weighted by molar-refractivity contribution is -0.120. The van der Waals surface area contributed by atoms with E-state index in [-0.39, 0.29) is 18.4 Å². The van der Waals surface area contributed by atoms with Gasteiger partial charge in [0.2, 0.25) is 5.91 Å². The molecule has 2 rings (SSSR count). The van der Waals surface area contributed by atoms with E-state index in [0.29, 0.717) is 0 Å². The van der Waals surface area contributed by atoms with Crippen LogP contribution in [0.5, 0.6) is 0 Å². The van der Waals surface area contributed by atoms with Crippen LogP contribution in [-0.4, -0.2) is 11.0 Å². The fraction of sp³-hybridized carbons (Fsp3) is 0.400. The van der Waals surface area contributed by atoms with E-state index in [2.05, 4.69) is 17.5 Å². The van der Waals surface area contributed by atoms with Gasteiger partial charge in [0, 0.05) is 11.6 Å². The molecule has 0 fully saturated rings. The molecule has 1 atom stereocenters. The summed E-state index contributed by atoms with van der Waals surface area (Å²) in [6.45, 7) is 1.95. The van der Waals surface area contributed by atoms with Crippen LogP contribution < -0.4 is 5.32 Å². The fourth-order valence-electron chi connectivity index (χ4n) is 2.17. The number of amides is 1. The maximum Gasteiger partial charge on any atom is 0.227 e. The molecule has 2 N–H and O–H groups in total. The monoisotopic (exact) mass is 245 g/mol. The lowest BCUT2D eigenvalue weighted by atomic mass is 9.93. The molecule has 3 nitrogen and oxygen atoms in total. The molecule has 3 heteroatoms. The van der Waals surface area contributed by atoms with Crippen LogP contribution >= 0.6 is 0 Å². The van der Waals surface area contributed by atoms with Crippen LogP contribution in [0.3, 0.4) is 0 Å². The Kier molecular flexibility index (Phi) is 4.15. The quantitative estimate of drug-likeness (QED) is 0.804. The predicted octanol–water partition coefficient (Wildman–Crippen LogP) is 2.78. The first-order valence-electron chi connectivity index (χ1n) is 6.37. The van der Waals surface area contributed by atoms with Crippen LogP contribution in [0, 0.1) is 12.8 Å². The van der Waals surface area contributed by atoms with Crippen molar-refractivity contribution < 1.29 is 9.90 Å². The van der Waals surface area contributed by atoms with E-state index in [9.17, 15) is 4.79 Å². The van der Waals surface area contributed by atoms with Crippen LogP contribution in [0.1, 0.15) is 30.4 Å². The molecule has 0 saturated heterocycles. The van der Waals surface area contributed by atoms with Gasteiger partial charge in [-0.15, -0.1) is 0 Å². The standard InChI is InChI=1S/C15H19NO2/c1-11-7-8-12(10-17)9-14(11)16-15(18)13-5-3-2-4-6-13/h2-3,7-9,13,17H,4-6,10H2,1H3,(H,16,18). The molecule has 0 bridgehead atoms. The third-order valence-electron chi connectivity index (χ3n) is 3.38. The van der Waals surface area contributed by atoms with Gasteiger partial charge in [0.25, 0.3) is 0 Å². The van der Waals surface area contributed by atoms with E-state index in [0.717, 1.165) is 36.1 Å². The minimum absolute atomic E-state index is 0.00465. The second kappa shape index (κ2) is 5.83. The van der Waals surface area contributed by atoms with Crippen molar-refractivity contribution in [3.63, 3.8) is 0 Å². The second-order valence-electron chi connectivity index (χ2n) is 4.78. The topological polar surface area (TPSA) is 49.3 Å². The summed E-state index contributed by atoms with van der Waals surface area (Å²) < 4.78 is 0. The Morgan fingerprint density at radius 2 is 2.28 bits per heavy atom. The van der Waals surface area contributed by atoms with Crippen molar-refractivity contribution in [3.8, 4) is 0 Å². The minimum Gasteiger partial charge on any atom is -0.392 e. The third kappa shape index (κ3) is 2.99. The number of allylic oxidation sites excluding steroid dienone is 2. The number of aliphatic hydroxyl groups excluding tert-OH is 1. The van der Waals surface area contributed by atoms with Crippen LogP contribution in [0.2, 0.25) is 0 Å². The first-order valence-corrected chi connectivity index (χ1v) is 6.37. The molecular weight excluding hydrogens is 226 g/mol. The number of hydrogen-bond donors (Lipinski definition) is 2. The minimum atomic E-state index is -0.00465. The van der Waals surface area contributed by atoms with Gasteiger partial charge in [-0.25, -0.2) is 0 Å². The summed E-state index contributed by atoms with van der Waals surface area (Å²) in [4.78, 5) is 12.1. The fourth-order valence-corrected chi connectivity index (χ4v) is 2.17. The van der Waals surface area contributed by atoms with E-state index in [1.54, 1.807) is 0 Å². The van der Waals surface area contributed by atoms with Crippen molar-refractivity contribution in [2.45, 2.75) is 32.8 Å². The molecule has 1 unspecified atom stereocenters. The van der Waals surface area contributed by atoms with Crippen molar-refractivity contribution in [2.75, 3.05) is 5.32 Å². The summed E-state index contributed by atoms with van der Waals surface area (Å²) >= 11 is 0. The maximum atomic E-state index is 12.1. The predicted molar refractivity (Wildman–Crippen MR) is 72.2 cm³/mol. The number of carbonyl (C=O) groups is 1. The average Bonchev–Trinajstić information content (AvgIpc) is 2.42. The van der Waals surface area contributed by atoms with Gasteiger partial charge in [0.15, 0.2) is 0 Å². The van der Waals surface area contributed by atoms with E-state index in [4.69, 9.17) is 5.11 Å². The number of aliphatic hydroxyl groups is 1. The van der Waals surface area contributed by atoms with E-state index in [1.165, 1.54) is 0 Å². The molecule has 18 heavy (non-hydrogen) atoms. The molecule has 1 aliphatic rings. The zero-order chi connectivity index (χ0) is 13.0. The number of rotatable bonds is 3. The number of carbonyl (C=O) groups excluding carboxylic acids is 1. The van der Waals surface area contributed by atoms with Gasteiger partial charge < -0.3 is 10.4 Å². The molecule has 0 radical (unpaired) electrons. The van der Waals surface area contributed by atoms with Crippen molar-refractivity contribution in [3.05, 3.63) is 41.5 Å². The smallest absolute Gasteiger partial charge is 0.227 e. The number of nitrogens with one attached hydrogen (secondary N) is 1. The SMILES string of the molecule is Cc1ccc(CO)cc1NC(=O)C1CC=CCC1. The molecule has 0 spiro atoms. The van der Waals surface area contributed by atoms with Crippen molar-refractivity contribution in [2.24, 2.45) is 5.92 Å². The first-order chi connectivity index (χ1) is 8.70. The zero-order valence-electron chi connectivity index (χ0n) is 10.6. The summed E-state index contributed by atoms with van der Waals surface area (Å²) in [7, 11) is 0. The van der Waals surface area contributed by atoms with Gasteiger partial charge in [-0.05, 0) is 43.4 Å². The molecule has 1 aliphatic carbocycles. The Balaban J connectivity index is 2.08. The first kappa shape index (κ1) is 12.8. The highest BCUT2D eigenvalue weighted by molar-refractivity contribution is 5.93. The van der Waals surface area contributed by atoms with Crippen molar-refractivity contribution in [1.29, 1.82) is 0 Å². The highest BCUT2D eigenvalue weighted by Gasteiger charge is 2.19. The Hall–Kier alpha value is -1.61. The molecule has 0 saturated carbocycles. The normalized spacial score (nSPS) is 18.7. The van der Waals surface area contributed by atoms with Gasteiger partial charge in [-0.3, -0.25) is 4.79 Å². The molecule has 1 amide bonds. The molecule has 1 aromatic carbocycles. The van der Waals surface area contributed by atoms with Gasteiger partial charge in [0.1, 0.15) is 0 Å². The van der Waals surface area contributed by atoms with Crippen molar-refractivity contribution >= 4 is 11.6 Å². The highest BCUT2D eigenvalue weighted by atomic mass is 16.3. The molecule has 1 aromatic rings. The number of anilines is 1. The van der Waals surface area contributed by atoms with Gasteiger partial charge in [-0.1, -0.05) is 24.3 Å². The van der Waals surface area contributed by atoms with Gasteiger partial charge in [0.05, 0.1) is 6.61 Å². The van der Waals surface area contributed by atoms with Crippen LogP contribution in [0.4, 0.5) is 5.69 Å². The Bertz CT molecular complexity index is 466. The molecular formula is C15H19NO2. The molecule has 0 aromatic heterocycles. The number of benzene rings is 1. The number of hydrogen-bond acceptors (Lipinski definition) is 2. The largest absolute Gasteiger partial charge is 0.392 e. The van der Waals surface area contributed by atoms with E-state index >= 15 is 0 Å². The molecule has 0 heterocycles. The molecule has 96 valence electrons. The summed E-state index contributed by atoms with van der Waals surface area (Å²) in [5, 5.41) is 12.1. The lowest BCUT2D eigenvalue weighted by Crippen LogP contribution is -2.24. The van der Waals surface area contributed by atoms with E-state index < -0.39 is 0 Å². The lowest BCUT2D eigenvalue weighted by Gasteiger charge is -2.18. The van der Waals surface area contributed by atoms with E-state index in [1.807, 2.05) is 25.1 Å². The van der Waals surface area contributed by atoms with Crippen molar-refractivity contribution in [1.82, 2.24) is 0 Å². The third-order valence-corrected chi connectivity index (χ3v) is 3.38. The average molecular weight is 245 g/mol. The maximum absolute atomic E-state index is 12.1. The van der Waals surface area contributed by atoms with Crippen LogP contribution in [0.25, 0.3) is 0 Å².